The lowest BCUT2D eigenvalue weighted by Gasteiger charge is -2.43. The van der Waals surface area contributed by atoms with Crippen molar-refractivity contribution in [3.05, 3.63) is 35.9 Å². The first-order chi connectivity index (χ1) is 11.2. The number of β-lactam (4-membered cyclic amide) rings is 1. The highest BCUT2D eigenvalue weighted by molar-refractivity contribution is 7.87. The van der Waals surface area contributed by atoms with E-state index in [1.54, 1.807) is 26.0 Å². The molecule has 2 amide bonds. The van der Waals surface area contributed by atoms with Crippen molar-refractivity contribution in [2.24, 2.45) is 0 Å². The van der Waals surface area contributed by atoms with Gasteiger partial charge in [-0.15, -0.1) is 0 Å². The fourth-order valence-corrected chi connectivity index (χ4v) is 5.22. The van der Waals surface area contributed by atoms with Crippen LogP contribution >= 0.6 is 0 Å². The first-order valence-corrected chi connectivity index (χ1v) is 8.75. The van der Waals surface area contributed by atoms with E-state index >= 15 is 0 Å². The normalized spacial score (nSPS) is 30.4. The van der Waals surface area contributed by atoms with Gasteiger partial charge in [0.05, 0.1) is 22.0 Å². The number of nitrogens with one attached hydrogen (secondary N) is 1. The van der Waals surface area contributed by atoms with Crippen molar-refractivity contribution in [1.82, 2.24) is 10.2 Å². The fourth-order valence-electron chi connectivity index (χ4n) is 3.30. The highest BCUT2D eigenvalue weighted by Gasteiger charge is 2.68. The zero-order chi connectivity index (χ0) is 17.6. The van der Waals surface area contributed by atoms with Crippen molar-refractivity contribution < 1.29 is 23.7 Å². The average Bonchev–Trinajstić information content (AvgIpc) is 2.71. The van der Waals surface area contributed by atoms with E-state index in [0.29, 0.717) is 0 Å². The summed E-state index contributed by atoms with van der Waals surface area (Å²) in [6.45, 7) is 3.13. The van der Waals surface area contributed by atoms with Crippen LogP contribution in [0.5, 0.6) is 0 Å². The molecule has 1 aromatic carbocycles. The maximum Gasteiger partial charge on any atom is 0.328 e. The predicted octanol–water partition coefficient (Wildman–Crippen LogP) is -0.124. The number of nitrogens with zero attached hydrogens (tertiary/aromatic N) is 1. The van der Waals surface area contributed by atoms with Crippen molar-refractivity contribution in [1.29, 1.82) is 0 Å². The number of carbonyl (C=O) groups is 3. The number of hydrogen-bond acceptors (Lipinski definition) is 4. The van der Waals surface area contributed by atoms with Crippen molar-refractivity contribution in [3.8, 4) is 0 Å². The lowest BCUT2D eigenvalue weighted by atomic mass is 9.96. The zero-order valence-electron chi connectivity index (χ0n) is 13.3. The molecule has 1 unspecified atom stereocenters. The van der Waals surface area contributed by atoms with E-state index in [4.69, 9.17) is 0 Å². The van der Waals surface area contributed by atoms with Crippen LogP contribution in [0.25, 0.3) is 0 Å². The number of rotatable bonds is 4. The number of aliphatic carboxylic acids is 1. The van der Waals surface area contributed by atoms with Crippen molar-refractivity contribution in [2.45, 2.75) is 42.5 Å². The number of carboxylic acids is 1. The van der Waals surface area contributed by atoms with Gasteiger partial charge >= 0.3 is 5.97 Å². The van der Waals surface area contributed by atoms with Gasteiger partial charge in [0.1, 0.15) is 17.5 Å². The van der Waals surface area contributed by atoms with Gasteiger partial charge < -0.3 is 15.3 Å². The summed E-state index contributed by atoms with van der Waals surface area (Å²) < 4.78 is 11.5. The molecule has 24 heavy (non-hydrogen) atoms. The van der Waals surface area contributed by atoms with E-state index in [-0.39, 0.29) is 12.3 Å². The molecule has 3 rings (SSSR count). The molecule has 2 aliphatic rings. The molecule has 0 aliphatic carbocycles. The Labute approximate surface area is 141 Å². The van der Waals surface area contributed by atoms with Gasteiger partial charge in [0.25, 0.3) is 0 Å². The second kappa shape index (κ2) is 5.70. The first-order valence-electron chi connectivity index (χ1n) is 7.54. The van der Waals surface area contributed by atoms with Crippen LogP contribution in [-0.4, -0.2) is 54.2 Å². The molecule has 2 heterocycles. The van der Waals surface area contributed by atoms with Gasteiger partial charge in [-0.25, -0.2) is 4.79 Å². The third-order valence-corrected chi connectivity index (χ3v) is 6.71. The van der Waals surface area contributed by atoms with Crippen LogP contribution in [0.3, 0.4) is 0 Å². The maximum atomic E-state index is 12.6. The van der Waals surface area contributed by atoms with Crippen molar-refractivity contribution in [2.75, 3.05) is 0 Å². The number of amides is 2. The molecule has 0 aromatic heterocycles. The van der Waals surface area contributed by atoms with Crippen molar-refractivity contribution >= 4 is 28.6 Å². The smallest absolute Gasteiger partial charge is 0.328 e. The summed E-state index contributed by atoms with van der Waals surface area (Å²) in [5, 5.41) is 11.2. The average molecular weight is 350 g/mol. The Bertz CT molecular complexity index is 733. The van der Waals surface area contributed by atoms with Crippen LogP contribution in [-0.2, 0) is 31.6 Å². The lowest BCUT2D eigenvalue weighted by molar-refractivity contribution is -0.161. The molecule has 4 atom stereocenters. The molecule has 2 fully saturated rings. The highest BCUT2D eigenvalue weighted by atomic mass is 32.2. The second-order valence-electron chi connectivity index (χ2n) is 6.49. The van der Waals surface area contributed by atoms with Crippen LogP contribution in [0.1, 0.15) is 19.4 Å². The fraction of sp³-hybridized carbons (Fsp3) is 0.438. The summed E-state index contributed by atoms with van der Waals surface area (Å²) in [5.74, 6) is -2.03. The topological polar surface area (TPSA) is 104 Å². The van der Waals surface area contributed by atoms with Gasteiger partial charge in [0.2, 0.25) is 11.8 Å². The molecular formula is C16H18N2O5S. The Morgan fingerprint density at radius 3 is 2.50 bits per heavy atom. The van der Waals surface area contributed by atoms with Gasteiger partial charge in [-0.1, -0.05) is 30.3 Å². The Morgan fingerprint density at radius 2 is 1.92 bits per heavy atom. The quantitative estimate of drug-likeness (QED) is 0.737. The molecule has 8 heteroatoms. The number of carbonyl (C=O) groups excluding carboxylic acids is 2. The monoisotopic (exact) mass is 350 g/mol. The van der Waals surface area contributed by atoms with E-state index in [1.165, 1.54) is 0 Å². The zero-order valence-corrected chi connectivity index (χ0v) is 14.1. The third kappa shape index (κ3) is 2.41. The number of hydrogen-bond donors (Lipinski definition) is 2. The molecule has 128 valence electrons. The molecule has 2 saturated heterocycles. The van der Waals surface area contributed by atoms with Crippen LogP contribution in [0, 0.1) is 0 Å². The number of benzene rings is 1. The van der Waals surface area contributed by atoms with Gasteiger partial charge in [-0.05, 0) is 19.4 Å². The Hall–Kier alpha value is -2.22. The van der Waals surface area contributed by atoms with Crippen LogP contribution in [0.4, 0.5) is 0 Å². The van der Waals surface area contributed by atoms with E-state index in [9.17, 15) is 23.7 Å². The molecular weight excluding hydrogens is 332 g/mol. The van der Waals surface area contributed by atoms with E-state index < -0.39 is 44.9 Å². The summed E-state index contributed by atoms with van der Waals surface area (Å²) in [6.07, 6.45) is 0.107. The molecule has 2 aliphatic heterocycles. The van der Waals surface area contributed by atoms with Crippen LogP contribution in [0.2, 0.25) is 0 Å². The minimum absolute atomic E-state index is 0.107. The van der Waals surface area contributed by atoms with E-state index in [1.807, 2.05) is 18.2 Å². The van der Waals surface area contributed by atoms with E-state index in [0.717, 1.165) is 10.5 Å². The summed E-state index contributed by atoms with van der Waals surface area (Å²) in [5.41, 5.74) is 0.801. The maximum absolute atomic E-state index is 12.6. The highest BCUT2D eigenvalue weighted by Crippen LogP contribution is 2.43. The van der Waals surface area contributed by atoms with Crippen LogP contribution < -0.4 is 5.32 Å². The molecule has 2 N–H and O–H groups in total. The number of carboxylic acid groups (broad SMARTS) is 1. The van der Waals surface area contributed by atoms with Gasteiger partial charge in [-0.2, -0.15) is 0 Å². The molecule has 0 bridgehead atoms. The standard InChI is InChI=1S/C16H18N2O5S/c1-16(2)12(15(21)22)18-13(20)11(14(18)24(16)23)17-10(19)8-9-6-4-3-5-7-9/h3-7,11-12,14H,8H2,1-2H3,(H,17,19)(H,21,22)/t11-,12+,14?,24+/m1/s1. The lowest BCUT2D eigenvalue weighted by Crippen LogP contribution is -2.71. The van der Waals surface area contributed by atoms with Gasteiger partial charge in [0.15, 0.2) is 0 Å². The molecule has 1 aromatic rings. The summed E-state index contributed by atoms with van der Waals surface area (Å²) >= 11 is 0. The third-order valence-electron chi connectivity index (χ3n) is 4.51. The predicted molar refractivity (Wildman–Crippen MR) is 86.4 cm³/mol. The second-order valence-corrected chi connectivity index (χ2v) is 8.62. The largest absolute Gasteiger partial charge is 0.480 e. The molecule has 0 saturated carbocycles. The Morgan fingerprint density at radius 1 is 1.29 bits per heavy atom. The summed E-state index contributed by atoms with van der Waals surface area (Å²) in [7, 11) is -1.58. The summed E-state index contributed by atoms with van der Waals surface area (Å²) in [6, 6.07) is 6.99. The first kappa shape index (κ1) is 16.6. The van der Waals surface area contributed by atoms with E-state index in [2.05, 4.69) is 5.32 Å². The molecule has 0 radical (unpaired) electrons. The minimum atomic E-state index is -1.58. The molecule has 7 nitrogen and oxygen atoms in total. The Kier molecular flexibility index (Phi) is 3.95. The minimum Gasteiger partial charge on any atom is -0.480 e. The van der Waals surface area contributed by atoms with Gasteiger partial charge in [-0.3, -0.25) is 13.8 Å². The summed E-state index contributed by atoms with van der Waals surface area (Å²) in [4.78, 5) is 37.0. The SMILES string of the molecule is CC1(C)[C@H](C(=O)O)N2C(=O)[C@@H](NC(=O)Cc3ccccc3)C2[S@@]1=O. The van der Waals surface area contributed by atoms with Crippen LogP contribution in [0.15, 0.2) is 30.3 Å². The molecule has 0 spiro atoms. The Balaban J connectivity index is 1.74. The van der Waals surface area contributed by atoms with Gasteiger partial charge in [0, 0.05) is 0 Å². The van der Waals surface area contributed by atoms with Crippen molar-refractivity contribution in [3.63, 3.8) is 0 Å². The number of fused-ring (bicyclic) bond motifs is 1.